The molecule has 5 rings (SSSR count). The Morgan fingerprint density at radius 2 is 2.06 bits per heavy atom. The van der Waals surface area contributed by atoms with Crippen molar-refractivity contribution < 1.29 is 18.6 Å². The first-order valence-electron chi connectivity index (χ1n) is 11.7. The summed E-state index contributed by atoms with van der Waals surface area (Å²) >= 11 is 0. The first kappa shape index (κ1) is 21.8. The average molecular weight is 446 g/mol. The van der Waals surface area contributed by atoms with Crippen LogP contribution in [0.3, 0.4) is 0 Å². The van der Waals surface area contributed by atoms with Crippen molar-refractivity contribution in [2.24, 2.45) is 5.92 Å². The number of hydrogen-bond acceptors (Lipinski definition) is 5. The van der Waals surface area contributed by atoms with Crippen LogP contribution in [0.5, 0.6) is 11.5 Å². The molecule has 172 valence electrons. The maximum absolute atomic E-state index is 6.36. The number of nitrogens with zero attached hydrogens (tertiary/aromatic N) is 1. The molecule has 1 unspecified atom stereocenters. The molecule has 1 saturated heterocycles. The van der Waals surface area contributed by atoms with Gasteiger partial charge >= 0.3 is 0 Å². The Kier molecular flexibility index (Phi) is 6.79. The molecule has 2 aromatic carbocycles. The number of aryl methyl sites for hydroxylation is 1. The van der Waals surface area contributed by atoms with Crippen molar-refractivity contribution in [1.29, 1.82) is 0 Å². The van der Waals surface area contributed by atoms with Crippen LogP contribution in [0.1, 0.15) is 23.3 Å². The summed E-state index contributed by atoms with van der Waals surface area (Å²) in [5, 5.41) is 0. The van der Waals surface area contributed by atoms with Crippen LogP contribution in [0, 0.1) is 12.8 Å². The lowest BCUT2D eigenvalue weighted by Gasteiger charge is -2.19. The van der Waals surface area contributed by atoms with Crippen molar-refractivity contribution in [3.8, 4) is 22.6 Å². The number of benzene rings is 2. The molecule has 0 N–H and O–H groups in total. The van der Waals surface area contributed by atoms with Gasteiger partial charge in [0.1, 0.15) is 12.4 Å². The van der Waals surface area contributed by atoms with E-state index in [2.05, 4.69) is 54.3 Å². The van der Waals surface area contributed by atoms with Crippen LogP contribution in [0.4, 0.5) is 0 Å². The SMILES string of the molecule is Cc1ccccc1-c1cc2c(c(OCC3CCOC3)c1)OCCN(C/C=C/c1ccco1)C2. The van der Waals surface area contributed by atoms with Crippen molar-refractivity contribution >= 4 is 6.08 Å². The van der Waals surface area contributed by atoms with Crippen molar-refractivity contribution in [1.82, 2.24) is 4.90 Å². The molecule has 1 aromatic heterocycles. The molecule has 0 aliphatic carbocycles. The molecule has 2 aliphatic heterocycles. The number of hydrogen-bond donors (Lipinski definition) is 0. The predicted octanol–water partition coefficient (Wildman–Crippen LogP) is 5.58. The van der Waals surface area contributed by atoms with Crippen LogP contribution in [0.25, 0.3) is 17.2 Å². The van der Waals surface area contributed by atoms with Gasteiger partial charge in [-0.1, -0.05) is 30.3 Å². The molecule has 0 saturated carbocycles. The average Bonchev–Trinajstić information content (AvgIpc) is 3.49. The Morgan fingerprint density at radius 3 is 2.88 bits per heavy atom. The second-order valence-electron chi connectivity index (χ2n) is 8.82. The molecular weight excluding hydrogens is 414 g/mol. The van der Waals surface area contributed by atoms with Gasteiger partial charge in [-0.25, -0.2) is 0 Å². The monoisotopic (exact) mass is 445 g/mol. The van der Waals surface area contributed by atoms with Gasteiger partial charge in [0.25, 0.3) is 0 Å². The molecule has 0 radical (unpaired) electrons. The van der Waals surface area contributed by atoms with Gasteiger partial charge in [-0.15, -0.1) is 0 Å². The van der Waals surface area contributed by atoms with Gasteiger partial charge in [-0.3, -0.25) is 4.90 Å². The summed E-state index contributed by atoms with van der Waals surface area (Å²) in [6, 6.07) is 16.8. The molecule has 2 aliphatic rings. The lowest BCUT2D eigenvalue weighted by Crippen LogP contribution is -2.25. The Bertz CT molecular complexity index is 1080. The van der Waals surface area contributed by atoms with Gasteiger partial charge < -0.3 is 18.6 Å². The van der Waals surface area contributed by atoms with Crippen LogP contribution < -0.4 is 9.47 Å². The number of rotatable bonds is 7. The number of fused-ring (bicyclic) bond motifs is 1. The molecule has 33 heavy (non-hydrogen) atoms. The Morgan fingerprint density at radius 1 is 1.12 bits per heavy atom. The van der Waals surface area contributed by atoms with E-state index in [-0.39, 0.29) is 0 Å². The van der Waals surface area contributed by atoms with Gasteiger partial charge in [0, 0.05) is 37.7 Å². The molecule has 3 aromatic rings. The fraction of sp³-hybridized carbons (Fsp3) is 0.357. The van der Waals surface area contributed by atoms with Gasteiger partial charge in [-0.2, -0.15) is 0 Å². The lowest BCUT2D eigenvalue weighted by atomic mass is 9.97. The van der Waals surface area contributed by atoms with E-state index in [0.717, 1.165) is 62.1 Å². The maximum Gasteiger partial charge on any atom is 0.165 e. The fourth-order valence-corrected chi connectivity index (χ4v) is 4.48. The largest absolute Gasteiger partial charge is 0.489 e. The van der Waals surface area contributed by atoms with Crippen LogP contribution in [0.2, 0.25) is 0 Å². The van der Waals surface area contributed by atoms with Crippen LogP contribution >= 0.6 is 0 Å². The first-order valence-corrected chi connectivity index (χ1v) is 11.7. The third-order valence-electron chi connectivity index (χ3n) is 6.32. The smallest absolute Gasteiger partial charge is 0.165 e. The highest BCUT2D eigenvalue weighted by atomic mass is 16.5. The third kappa shape index (κ3) is 5.32. The molecule has 1 fully saturated rings. The summed E-state index contributed by atoms with van der Waals surface area (Å²) in [7, 11) is 0. The molecule has 5 heteroatoms. The summed E-state index contributed by atoms with van der Waals surface area (Å²) in [5.41, 5.74) is 4.81. The normalized spacial score (nSPS) is 18.8. The molecule has 0 bridgehead atoms. The summed E-state index contributed by atoms with van der Waals surface area (Å²) in [5.74, 6) is 3.03. The van der Waals surface area contributed by atoms with E-state index in [4.69, 9.17) is 18.6 Å². The number of furan rings is 1. The highest BCUT2D eigenvalue weighted by molar-refractivity contribution is 5.72. The zero-order chi connectivity index (χ0) is 22.5. The van der Waals surface area contributed by atoms with E-state index in [1.165, 1.54) is 16.7 Å². The van der Waals surface area contributed by atoms with Crippen molar-refractivity contribution in [3.05, 3.63) is 77.8 Å². The van der Waals surface area contributed by atoms with Crippen LogP contribution in [-0.2, 0) is 11.3 Å². The fourth-order valence-electron chi connectivity index (χ4n) is 4.48. The van der Waals surface area contributed by atoms with Crippen LogP contribution in [0.15, 0.2) is 65.3 Å². The minimum atomic E-state index is 0.441. The quantitative estimate of drug-likeness (QED) is 0.475. The molecule has 0 spiro atoms. The number of ether oxygens (including phenoxy) is 3. The summed E-state index contributed by atoms with van der Waals surface area (Å²) in [6.07, 6.45) is 6.92. The Labute approximate surface area is 195 Å². The standard InChI is InChI=1S/C28H31NO4/c1-21-6-2-3-9-26(21)23-16-24-18-29(11-4-7-25-8-5-13-31-25)12-15-32-28(24)27(17-23)33-20-22-10-14-30-19-22/h2-9,13,16-17,22H,10-12,14-15,18-20H2,1H3/b7-4+. The summed E-state index contributed by atoms with van der Waals surface area (Å²) in [6.45, 7) is 7.53. The van der Waals surface area contributed by atoms with E-state index < -0.39 is 0 Å². The minimum Gasteiger partial charge on any atom is -0.489 e. The Hall–Kier alpha value is -3.02. The zero-order valence-corrected chi connectivity index (χ0v) is 19.2. The van der Waals surface area contributed by atoms with Crippen molar-refractivity contribution in [3.63, 3.8) is 0 Å². The topological polar surface area (TPSA) is 44.1 Å². The van der Waals surface area contributed by atoms with Gasteiger partial charge in [0.2, 0.25) is 0 Å². The van der Waals surface area contributed by atoms with Crippen molar-refractivity contribution in [2.75, 3.05) is 39.5 Å². The second kappa shape index (κ2) is 10.3. The first-order chi connectivity index (χ1) is 16.3. The van der Waals surface area contributed by atoms with Crippen LogP contribution in [-0.4, -0.2) is 44.4 Å². The van der Waals surface area contributed by atoms with Gasteiger partial charge in [0.05, 0.1) is 19.5 Å². The predicted molar refractivity (Wildman–Crippen MR) is 130 cm³/mol. The summed E-state index contributed by atoms with van der Waals surface area (Å²) < 4.78 is 23.6. The van der Waals surface area contributed by atoms with Crippen molar-refractivity contribution in [2.45, 2.75) is 19.9 Å². The van der Waals surface area contributed by atoms with Gasteiger partial charge in [-0.05, 0) is 60.4 Å². The highest BCUT2D eigenvalue weighted by Crippen LogP contribution is 2.39. The van der Waals surface area contributed by atoms with E-state index in [1.807, 2.05) is 18.2 Å². The summed E-state index contributed by atoms with van der Waals surface area (Å²) in [4.78, 5) is 2.39. The minimum absolute atomic E-state index is 0.441. The van der Waals surface area contributed by atoms with E-state index in [9.17, 15) is 0 Å². The Balaban J connectivity index is 1.42. The van der Waals surface area contributed by atoms with E-state index >= 15 is 0 Å². The molecule has 0 amide bonds. The van der Waals surface area contributed by atoms with E-state index in [1.54, 1.807) is 6.26 Å². The zero-order valence-electron chi connectivity index (χ0n) is 19.2. The molecular formula is C28H31NO4. The molecule has 3 heterocycles. The lowest BCUT2D eigenvalue weighted by molar-refractivity contribution is 0.164. The van der Waals surface area contributed by atoms with E-state index in [0.29, 0.717) is 19.1 Å². The molecule has 1 atom stereocenters. The second-order valence-corrected chi connectivity index (χ2v) is 8.82. The third-order valence-corrected chi connectivity index (χ3v) is 6.32. The molecule has 5 nitrogen and oxygen atoms in total. The maximum atomic E-state index is 6.36. The highest BCUT2D eigenvalue weighted by Gasteiger charge is 2.23. The van der Waals surface area contributed by atoms with Gasteiger partial charge in [0.15, 0.2) is 11.5 Å².